The van der Waals surface area contributed by atoms with Crippen LogP contribution in [0.25, 0.3) is 0 Å². The number of non-ortho nitro benzene ring substituents is 1. The number of halogens is 1. The van der Waals surface area contributed by atoms with Crippen molar-refractivity contribution in [1.29, 1.82) is 0 Å². The molecule has 11 heteroatoms. The van der Waals surface area contributed by atoms with Gasteiger partial charge in [-0.25, -0.2) is 0 Å². The molecule has 148 valence electrons. The second-order valence-electron chi connectivity index (χ2n) is 5.53. The summed E-state index contributed by atoms with van der Waals surface area (Å²) in [5.41, 5.74) is -0.0598. The molecule has 0 saturated heterocycles. The maximum absolute atomic E-state index is 12.1. The van der Waals surface area contributed by atoms with E-state index in [-0.39, 0.29) is 35.3 Å². The van der Waals surface area contributed by atoms with Crippen molar-refractivity contribution in [3.63, 3.8) is 0 Å². The number of thiophene rings is 1. The number of ether oxygens (including phenoxy) is 1. The highest BCUT2D eigenvalue weighted by Gasteiger charge is 2.20. The van der Waals surface area contributed by atoms with Crippen LogP contribution in [0.4, 0.5) is 11.4 Å². The van der Waals surface area contributed by atoms with E-state index in [1.54, 1.807) is 17.5 Å². The van der Waals surface area contributed by atoms with Gasteiger partial charge in [-0.2, -0.15) is 0 Å². The lowest BCUT2D eigenvalue weighted by Crippen LogP contribution is -2.32. The second-order valence-corrected chi connectivity index (χ2v) is 6.88. The van der Waals surface area contributed by atoms with Crippen LogP contribution in [0.5, 0.6) is 0 Å². The first-order valence-electron chi connectivity index (χ1n) is 8.04. The topological polar surface area (TPSA) is 128 Å². The summed E-state index contributed by atoms with van der Waals surface area (Å²) in [4.78, 5) is 46.3. The van der Waals surface area contributed by atoms with Gasteiger partial charge in [0.05, 0.1) is 26.9 Å². The maximum Gasteiger partial charge on any atom is 0.308 e. The molecule has 0 aliphatic carbocycles. The summed E-state index contributed by atoms with van der Waals surface area (Å²) in [6.45, 7) is 1.44. The molecule has 0 fully saturated rings. The van der Waals surface area contributed by atoms with E-state index in [0.717, 1.165) is 6.07 Å². The van der Waals surface area contributed by atoms with Crippen molar-refractivity contribution >= 4 is 52.1 Å². The highest BCUT2D eigenvalue weighted by atomic mass is 35.5. The molecule has 28 heavy (non-hydrogen) atoms. The van der Waals surface area contributed by atoms with Crippen LogP contribution in [0.1, 0.15) is 23.0 Å². The summed E-state index contributed by atoms with van der Waals surface area (Å²) >= 11 is 7.18. The minimum Gasteiger partial charge on any atom is -0.452 e. The van der Waals surface area contributed by atoms with Crippen LogP contribution in [-0.2, 0) is 14.3 Å². The minimum absolute atomic E-state index is 0.0163. The van der Waals surface area contributed by atoms with E-state index in [2.05, 4.69) is 10.6 Å². The van der Waals surface area contributed by atoms with Crippen LogP contribution in [0.15, 0.2) is 35.7 Å². The Kier molecular flexibility index (Phi) is 7.47. The van der Waals surface area contributed by atoms with E-state index in [0.29, 0.717) is 4.88 Å². The molecule has 0 aliphatic heterocycles. The molecule has 0 spiro atoms. The number of rotatable bonds is 8. The van der Waals surface area contributed by atoms with Gasteiger partial charge in [0.15, 0.2) is 6.10 Å². The quantitative estimate of drug-likeness (QED) is 0.380. The average Bonchev–Trinajstić information content (AvgIpc) is 3.17. The number of anilines is 1. The Bertz CT molecular complexity index is 887. The van der Waals surface area contributed by atoms with Crippen LogP contribution in [0.3, 0.4) is 0 Å². The van der Waals surface area contributed by atoms with Gasteiger partial charge < -0.3 is 15.4 Å². The van der Waals surface area contributed by atoms with Crippen LogP contribution in [-0.4, -0.2) is 35.4 Å². The largest absolute Gasteiger partial charge is 0.452 e. The Labute approximate surface area is 168 Å². The lowest BCUT2D eigenvalue weighted by atomic mass is 10.2. The molecule has 1 unspecified atom stereocenters. The molecule has 0 radical (unpaired) electrons. The third-order valence-electron chi connectivity index (χ3n) is 3.46. The second kappa shape index (κ2) is 9.81. The van der Waals surface area contributed by atoms with Crippen molar-refractivity contribution in [1.82, 2.24) is 5.32 Å². The molecule has 2 N–H and O–H groups in total. The van der Waals surface area contributed by atoms with Crippen LogP contribution in [0, 0.1) is 10.1 Å². The Hall–Kier alpha value is -2.98. The van der Waals surface area contributed by atoms with Crippen molar-refractivity contribution in [2.45, 2.75) is 19.4 Å². The summed E-state index contributed by atoms with van der Waals surface area (Å²) in [5.74, 6) is -1.60. The first-order chi connectivity index (χ1) is 13.3. The smallest absolute Gasteiger partial charge is 0.308 e. The number of hydrogen-bond acceptors (Lipinski definition) is 7. The number of amides is 2. The maximum atomic E-state index is 12.1. The Balaban J connectivity index is 1.79. The number of nitrogens with one attached hydrogen (secondary N) is 2. The molecular formula is C17H16ClN3O6S. The number of esters is 1. The fourth-order valence-corrected chi connectivity index (χ4v) is 2.90. The molecule has 9 nitrogen and oxygen atoms in total. The van der Waals surface area contributed by atoms with E-state index < -0.39 is 22.9 Å². The van der Waals surface area contributed by atoms with Gasteiger partial charge in [-0.1, -0.05) is 17.7 Å². The standard InChI is InChI=1S/C17H16ClN3O6S/c1-10(16(23)20-13-5-4-11(21(25)26)9-12(13)18)27-15(22)6-7-19-17(24)14-3-2-8-28-14/h2-5,8-10H,6-7H2,1H3,(H,19,24)(H,20,23). The first-order valence-corrected chi connectivity index (χ1v) is 9.29. The number of benzene rings is 1. The zero-order chi connectivity index (χ0) is 20.7. The summed E-state index contributed by atoms with van der Waals surface area (Å²) in [6.07, 6.45) is -1.22. The highest BCUT2D eigenvalue weighted by molar-refractivity contribution is 7.12. The summed E-state index contributed by atoms with van der Waals surface area (Å²) in [6, 6.07) is 6.98. The zero-order valence-corrected chi connectivity index (χ0v) is 16.2. The van der Waals surface area contributed by atoms with Crippen molar-refractivity contribution in [2.75, 3.05) is 11.9 Å². The van der Waals surface area contributed by atoms with E-state index in [1.807, 2.05) is 0 Å². The van der Waals surface area contributed by atoms with E-state index in [4.69, 9.17) is 16.3 Å². The van der Waals surface area contributed by atoms with Gasteiger partial charge in [0.2, 0.25) is 0 Å². The molecule has 0 bridgehead atoms. The third kappa shape index (κ3) is 6.03. The van der Waals surface area contributed by atoms with Gasteiger partial charge in [0.25, 0.3) is 17.5 Å². The number of nitro groups is 1. The van der Waals surface area contributed by atoms with E-state index in [9.17, 15) is 24.5 Å². The Morgan fingerprint density at radius 1 is 1.32 bits per heavy atom. The lowest BCUT2D eigenvalue weighted by molar-refractivity contribution is -0.384. The molecule has 0 saturated carbocycles. The number of hydrogen-bond donors (Lipinski definition) is 2. The number of nitrogens with zero attached hydrogens (tertiary/aromatic N) is 1. The van der Waals surface area contributed by atoms with Crippen molar-refractivity contribution in [3.8, 4) is 0 Å². The normalized spacial score (nSPS) is 11.4. The SMILES string of the molecule is CC(OC(=O)CCNC(=O)c1cccs1)C(=O)Nc1ccc([N+](=O)[O-])cc1Cl. The van der Waals surface area contributed by atoms with Gasteiger partial charge in [0.1, 0.15) is 0 Å². The van der Waals surface area contributed by atoms with Crippen LogP contribution in [0.2, 0.25) is 5.02 Å². The van der Waals surface area contributed by atoms with Crippen LogP contribution < -0.4 is 10.6 Å². The number of nitro benzene ring substituents is 1. The molecule has 1 aromatic carbocycles. The Morgan fingerprint density at radius 3 is 2.68 bits per heavy atom. The fourth-order valence-electron chi connectivity index (χ4n) is 2.04. The number of carbonyl (C=O) groups is 3. The van der Waals surface area contributed by atoms with Gasteiger partial charge in [-0.3, -0.25) is 24.5 Å². The Morgan fingerprint density at radius 2 is 2.07 bits per heavy atom. The van der Waals surface area contributed by atoms with Gasteiger partial charge in [-0.15, -0.1) is 11.3 Å². The molecule has 2 amide bonds. The van der Waals surface area contributed by atoms with E-state index in [1.165, 1.54) is 30.4 Å². The molecule has 1 atom stereocenters. The van der Waals surface area contributed by atoms with Gasteiger partial charge in [0, 0.05) is 18.7 Å². The lowest BCUT2D eigenvalue weighted by Gasteiger charge is -2.14. The predicted molar refractivity (Wildman–Crippen MR) is 104 cm³/mol. The molecule has 1 aromatic heterocycles. The van der Waals surface area contributed by atoms with E-state index >= 15 is 0 Å². The first kappa shape index (κ1) is 21.3. The number of carbonyl (C=O) groups excluding carboxylic acids is 3. The fraction of sp³-hybridized carbons (Fsp3) is 0.235. The third-order valence-corrected chi connectivity index (χ3v) is 4.64. The molecule has 2 rings (SSSR count). The zero-order valence-electron chi connectivity index (χ0n) is 14.6. The average molecular weight is 426 g/mol. The monoisotopic (exact) mass is 425 g/mol. The van der Waals surface area contributed by atoms with Crippen molar-refractivity contribution in [3.05, 3.63) is 55.7 Å². The van der Waals surface area contributed by atoms with Crippen molar-refractivity contribution in [2.24, 2.45) is 0 Å². The summed E-state index contributed by atoms with van der Waals surface area (Å²) < 4.78 is 5.01. The summed E-state index contributed by atoms with van der Waals surface area (Å²) in [7, 11) is 0. The highest BCUT2D eigenvalue weighted by Crippen LogP contribution is 2.26. The van der Waals surface area contributed by atoms with Gasteiger partial charge in [-0.05, 0) is 24.4 Å². The molecule has 1 heterocycles. The predicted octanol–water partition coefficient (Wildman–Crippen LogP) is 3.00. The van der Waals surface area contributed by atoms with Gasteiger partial charge >= 0.3 is 5.97 Å². The molecular weight excluding hydrogens is 410 g/mol. The minimum atomic E-state index is -1.12. The molecule has 2 aromatic rings. The van der Waals surface area contributed by atoms with Crippen molar-refractivity contribution < 1.29 is 24.0 Å². The molecule has 0 aliphatic rings. The van der Waals surface area contributed by atoms with Crippen LogP contribution >= 0.6 is 22.9 Å². The summed E-state index contributed by atoms with van der Waals surface area (Å²) in [5, 5.41) is 17.4.